The van der Waals surface area contributed by atoms with Gasteiger partial charge in [-0.3, -0.25) is 9.59 Å². The Morgan fingerprint density at radius 3 is 1.35 bits per heavy atom. The van der Waals surface area contributed by atoms with Gasteiger partial charge in [-0.2, -0.15) is 9.98 Å². The van der Waals surface area contributed by atoms with Gasteiger partial charge in [0.2, 0.25) is 0 Å². The number of ketones is 2. The fraction of sp³-hybridized carbons (Fsp3) is 0.194. The molecule has 0 radical (unpaired) electrons. The number of carbonyl (C=O) groups excluding carboxylic acids is 3. The molecule has 2 aliphatic rings. The highest BCUT2D eigenvalue weighted by Crippen LogP contribution is 2.58. The minimum absolute atomic E-state index is 0.283. The van der Waals surface area contributed by atoms with E-state index in [1.807, 2.05) is 0 Å². The zero-order chi connectivity index (χ0) is 32.4. The monoisotopic (exact) mass is 616 g/mol. The average Bonchev–Trinajstić information content (AvgIpc) is 3.10. The van der Waals surface area contributed by atoms with E-state index in [-0.39, 0.29) is 11.7 Å². The van der Waals surface area contributed by atoms with Gasteiger partial charge in [0, 0.05) is 11.1 Å². The predicted octanol–water partition coefficient (Wildman–Crippen LogP) is 5.35. The largest absolute Gasteiger partial charge is 0.497 e. The summed E-state index contributed by atoms with van der Waals surface area (Å²) in [5.41, 5.74) is 13.5. The van der Waals surface area contributed by atoms with Crippen LogP contribution in [0.4, 0.5) is 4.79 Å². The number of hydrogen-bond donors (Lipinski definition) is 2. The minimum atomic E-state index is -1.87. The van der Waals surface area contributed by atoms with Gasteiger partial charge in [0.15, 0.2) is 11.6 Å². The maximum absolute atomic E-state index is 14.8. The standard InChI is InChI=1S/C36H32N4O6/c1-44-25-17-13-23(14-18-25)31-27(29(41)21-9-5-3-6-10-21)36(33(37)39-35(43)40-34(36)38)28(30(42)22-11-7-4-8-12-22)32(46-31)24-15-19-26(45-2)20-16-24/h3-20,27-28,31-32H,1-2H3,(H4,37,38,39,40,43). The van der Waals surface area contributed by atoms with Crippen LogP contribution in [0.25, 0.3) is 0 Å². The molecule has 4 N–H and O–H groups in total. The molecule has 0 aliphatic carbocycles. The number of amides is 2. The molecule has 4 unspecified atom stereocenters. The van der Waals surface area contributed by atoms with Crippen molar-refractivity contribution in [2.45, 2.75) is 12.2 Å². The van der Waals surface area contributed by atoms with Crippen LogP contribution in [0.3, 0.4) is 0 Å². The van der Waals surface area contributed by atoms with E-state index in [9.17, 15) is 14.4 Å². The molecule has 2 amide bonds. The van der Waals surface area contributed by atoms with E-state index < -0.39 is 47.1 Å². The number of benzene rings is 4. The molecule has 1 saturated heterocycles. The second-order valence-electron chi connectivity index (χ2n) is 11.1. The second-order valence-corrected chi connectivity index (χ2v) is 11.1. The highest BCUT2D eigenvalue weighted by Gasteiger charge is 2.67. The molecule has 0 aromatic heterocycles. The summed E-state index contributed by atoms with van der Waals surface area (Å²) in [6.45, 7) is 0. The molecule has 1 fully saturated rings. The molecule has 0 saturated carbocycles. The number of nitrogens with two attached hydrogens (primary N) is 2. The molecule has 2 aliphatic heterocycles. The topological polar surface area (TPSA) is 156 Å². The van der Waals surface area contributed by atoms with Crippen LogP contribution < -0.4 is 20.9 Å². The predicted molar refractivity (Wildman–Crippen MR) is 172 cm³/mol. The third-order valence-electron chi connectivity index (χ3n) is 8.73. The first kappa shape index (κ1) is 30.4. The fourth-order valence-corrected chi connectivity index (χ4v) is 6.55. The first-order valence-corrected chi connectivity index (χ1v) is 14.6. The number of rotatable bonds is 8. The van der Waals surface area contributed by atoms with Crippen LogP contribution >= 0.6 is 0 Å². The van der Waals surface area contributed by atoms with E-state index in [0.717, 1.165) is 0 Å². The third kappa shape index (κ3) is 5.12. The SMILES string of the molecule is COc1ccc(C2OC(c3ccc(OC)cc3)C(C(=O)c3ccccc3)C3(C(N)=NC(=O)N=C3N)C2C(=O)c2ccccc2)cc1. The van der Waals surface area contributed by atoms with Gasteiger partial charge in [0.1, 0.15) is 28.6 Å². The number of ether oxygens (including phenoxy) is 3. The van der Waals surface area contributed by atoms with E-state index in [0.29, 0.717) is 33.8 Å². The Bertz CT molecular complexity index is 1690. The molecule has 232 valence electrons. The van der Waals surface area contributed by atoms with Crippen LogP contribution in [0.5, 0.6) is 11.5 Å². The summed E-state index contributed by atoms with van der Waals surface area (Å²) in [4.78, 5) is 50.5. The maximum atomic E-state index is 14.8. The van der Waals surface area contributed by atoms with Crippen molar-refractivity contribution < 1.29 is 28.6 Å². The summed E-state index contributed by atoms with van der Waals surface area (Å²) in [5.74, 6) is -2.74. The Balaban J connectivity index is 1.68. The van der Waals surface area contributed by atoms with Crippen molar-refractivity contribution in [3.63, 3.8) is 0 Å². The summed E-state index contributed by atoms with van der Waals surface area (Å²) in [7, 11) is 3.10. The van der Waals surface area contributed by atoms with Gasteiger partial charge in [-0.05, 0) is 35.4 Å². The average molecular weight is 617 g/mol. The number of carbonyl (C=O) groups is 3. The molecule has 46 heavy (non-hydrogen) atoms. The van der Waals surface area contributed by atoms with Gasteiger partial charge in [-0.1, -0.05) is 84.9 Å². The maximum Gasteiger partial charge on any atom is 0.370 e. The smallest absolute Gasteiger partial charge is 0.370 e. The van der Waals surface area contributed by atoms with E-state index in [1.54, 1.807) is 123 Å². The third-order valence-corrected chi connectivity index (χ3v) is 8.73. The first-order chi connectivity index (χ1) is 22.3. The summed E-state index contributed by atoms with van der Waals surface area (Å²) >= 11 is 0. The lowest BCUT2D eigenvalue weighted by molar-refractivity contribution is -0.128. The Morgan fingerprint density at radius 1 is 0.630 bits per heavy atom. The van der Waals surface area contributed by atoms with Crippen LogP contribution in [0.15, 0.2) is 119 Å². The quantitative estimate of drug-likeness (QED) is 0.251. The molecule has 2 heterocycles. The fourth-order valence-electron chi connectivity index (χ4n) is 6.55. The molecule has 0 bridgehead atoms. The van der Waals surface area contributed by atoms with E-state index in [1.165, 1.54) is 0 Å². The lowest BCUT2D eigenvalue weighted by atomic mass is 9.54. The molecule has 10 heteroatoms. The summed E-state index contributed by atoms with van der Waals surface area (Å²) < 4.78 is 17.7. The Kier molecular flexibility index (Phi) is 8.21. The number of urea groups is 1. The van der Waals surface area contributed by atoms with Crippen molar-refractivity contribution in [3.05, 3.63) is 131 Å². The highest BCUT2D eigenvalue weighted by molar-refractivity contribution is 6.24. The number of amidine groups is 2. The van der Waals surface area contributed by atoms with Gasteiger partial charge >= 0.3 is 6.03 Å². The lowest BCUT2D eigenvalue weighted by Gasteiger charge is -2.54. The molecule has 4 atom stereocenters. The van der Waals surface area contributed by atoms with Gasteiger partial charge in [0.25, 0.3) is 0 Å². The molecular weight excluding hydrogens is 584 g/mol. The normalized spacial score (nSPS) is 22.0. The van der Waals surface area contributed by atoms with Gasteiger partial charge in [0.05, 0.1) is 38.3 Å². The van der Waals surface area contributed by atoms with Crippen LogP contribution in [-0.4, -0.2) is 43.5 Å². The van der Waals surface area contributed by atoms with Crippen molar-refractivity contribution in [2.75, 3.05) is 14.2 Å². The Morgan fingerprint density at radius 2 is 1.00 bits per heavy atom. The van der Waals surface area contributed by atoms with Crippen molar-refractivity contribution >= 4 is 29.3 Å². The van der Waals surface area contributed by atoms with Crippen molar-refractivity contribution in [1.29, 1.82) is 0 Å². The van der Waals surface area contributed by atoms with E-state index in [2.05, 4.69) is 9.98 Å². The van der Waals surface area contributed by atoms with Crippen molar-refractivity contribution in [1.82, 2.24) is 0 Å². The first-order valence-electron chi connectivity index (χ1n) is 14.6. The van der Waals surface area contributed by atoms with Gasteiger partial charge in [-0.25, -0.2) is 4.79 Å². The molecule has 1 spiro atoms. The lowest BCUT2D eigenvalue weighted by Crippen LogP contribution is -2.67. The molecule has 10 nitrogen and oxygen atoms in total. The zero-order valence-corrected chi connectivity index (χ0v) is 25.2. The van der Waals surface area contributed by atoms with Crippen molar-refractivity contribution in [2.24, 2.45) is 38.7 Å². The zero-order valence-electron chi connectivity index (χ0n) is 25.2. The Hall–Kier alpha value is -5.61. The number of aliphatic imine (C=N–C) groups is 2. The van der Waals surface area contributed by atoms with Crippen LogP contribution in [0.2, 0.25) is 0 Å². The van der Waals surface area contributed by atoms with Crippen LogP contribution in [-0.2, 0) is 4.74 Å². The summed E-state index contributed by atoms with van der Waals surface area (Å²) in [6.07, 6.45) is -2.05. The molecule has 4 aromatic carbocycles. The molecule has 6 rings (SSSR count). The van der Waals surface area contributed by atoms with Gasteiger partial charge < -0.3 is 25.7 Å². The Labute approximate surface area is 265 Å². The van der Waals surface area contributed by atoms with Crippen LogP contribution in [0.1, 0.15) is 44.1 Å². The molecular formula is C36H32N4O6. The highest BCUT2D eigenvalue weighted by atomic mass is 16.5. The number of methoxy groups -OCH3 is 2. The van der Waals surface area contributed by atoms with Gasteiger partial charge in [-0.15, -0.1) is 0 Å². The number of hydrogen-bond acceptors (Lipinski definition) is 8. The summed E-state index contributed by atoms with van der Waals surface area (Å²) in [6, 6.07) is 30.4. The second kappa shape index (κ2) is 12.4. The van der Waals surface area contributed by atoms with E-state index in [4.69, 9.17) is 25.7 Å². The number of nitrogens with zero attached hydrogens (tertiary/aromatic N) is 2. The minimum Gasteiger partial charge on any atom is -0.497 e. The van der Waals surface area contributed by atoms with E-state index >= 15 is 0 Å². The number of Topliss-reactive ketones (excluding diaryl/α,β-unsaturated/α-hetero) is 2. The van der Waals surface area contributed by atoms with Crippen molar-refractivity contribution in [3.8, 4) is 11.5 Å². The summed E-state index contributed by atoms with van der Waals surface area (Å²) in [5, 5.41) is 0. The molecule has 4 aromatic rings. The van der Waals surface area contributed by atoms with Crippen LogP contribution in [0, 0.1) is 17.3 Å².